The zero-order chi connectivity index (χ0) is 33.7. The molecule has 0 radical (unpaired) electrons. The molecule has 0 unspecified atom stereocenters. The molecule has 4 aromatic rings. The van der Waals surface area contributed by atoms with Gasteiger partial charge in [0.25, 0.3) is 0 Å². The van der Waals surface area contributed by atoms with Crippen LogP contribution in [0.5, 0.6) is 0 Å². The second-order valence-corrected chi connectivity index (χ2v) is 12.9. The molecule has 3 atom stereocenters. The summed E-state index contributed by atoms with van der Waals surface area (Å²) in [6.07, 6.45) is 5.32. The first kappa shape index (κ1) is 35.2. The fourth-order valence-electron chi connectivity index (χ4n) is 5.59. The number of thioether (sulfide) groups is 1. The first-order chi connectivity index (χ1) is 23.4. The summed E-state index contributed by atoms with van der Waals surface area (Å²) < 4.78 is 15.0. The van der Waals surface area contributed by atoms with Gasteiger partial charge in [0.05, 0.1) is 18.8 Å². The average molecular weight is 674 g/mol. The number of aliphatic hydroxyl groups excluding tert-OH is 1. The van der Waals surface area contributed by atoms with E-state index in [0.717, 1.165) is 57.8 Å². The highest BCUT2D eigenvalue weighted by atomic mass is 32.2. The van der Waals surface area contributed by atoms with Crippen LogP contribution in [-0.4, -0.2) is 48.7 Å². The first-order valence-electron chi connectivity index (χ1n) is 16.3. The lowest BCUT2D eigenvalue weighted by atomic mass is 9.99. The molecule has 48 heavy (non-hydrogen) atoms. The molecular weight excluding hydrogens is 630 g/mol. The number of nitrogens with zero attached hydrogens (tertiary/aromatic N) is 3. The molecule has 1 aliphatic rings. The first-order valence-corrected chi connectivity index (χ1v) is 17.3. The van der Waals surface area contributed by atoms with Crippen LogP contribution in [0, 0.1) is 0 Å². The van der Waals surface area contributed by atoms with Gasteiger partial charge in [0.15, 0.2) is 11.4 Å². The molecule has 1 aromatic heterocycles. The predicted molar refractivity (Wildman–Crippen MR) is 182 cm³/mol. The lowest BCUT2D eigenvalue weighted by Gasteiger charge is -2.36. The van der Waals surface area contributed by atoms with Gasteiger partial charge in [0, 0.05) is 44.2 Å². The number of amides is 2. The summed E-state index contributed by atoms with van der Waals surface area (Å²) in [6.45, 7) is 0.422. The van der Waals surface area contributed by atoms with Crippen LogP contribution in [0.15, 0.2) is 84.3 Å². The van der Waals surface area contributed by atoms with Crippen LogP contribution in [0.3, 0.4) is 0 Å². The highest BCUT2D eigenvalue weighted by Crippen LogP contribution is 2.40. The van der Waals surface area contributed by atoms with Crippen molar-refractivity contribution in [1.29, 1.82) is 0 Å². The van der Waals surface area contributed by atoms with Gasteiger partial charge in [-0.15, -0.1) is 10.2 Å². The van der Waals surface area contributed by atoms with Gasteiger partial charge >= 0.3 is 0 Å². The number of aromatic nitrogens is 3. The maximum Gasteiger partial charge on any atom is 0.243 e. The Kier molecular flexibility index (Phi) is 13.1. The van der Waals surface area contributed by atoms with E-state index in [-0.39, 0.29) is 37.0 Å². The number of aliphatic hydroxyl groups is 1. The van der Waals surface area contributed by atoms with E-state index < -0.39 is 6.29 Å². The van der Waals surface area contributed by atoms with Gasteiger partial charge in [-0.2, -0.15) is 0 Å². The van der Waals surface area contributed by atoms with E-state index in [1.54, 1.807) is 23.6 Å². The monoisotopic (exact) mass is 673 g/mol. The summed E-state index contributed by atoms with van der Waals surface area (Å²) in [5.41, 5.74) is 7.47. The third-order valence-corrected chi connectivity index (χ3v) is 9.44. The largest absolute Gasteiger partial charge is 0.392 e. The highest BCUT2D eigenvalue weighted by Gasteiger charge is 2.32. The zero-order valence-corrected chi connectivity index (χ0v) is 27.9. The molecule has 11 nitrogen and oxygen atoms in total. The van der Waals surface area contributed by atoms with Crippen LogP contribution in [-0.2, 0) is 39.3 Å². The van der Waals surface area contributed by atoms with E-state index in [2.05, 4.69) is 39.8 Å². The van der Waals surface area contributed by atoms with Crippen LogP contribution >= 0.6 is 11.8 Å². The van der Waals surface area contributed by atoms with Crippen molar-refractivity contribution in [2.24, 2.45) is 7.05 Å². The molecule has 0 aliphatic carbocycles. The smallest absolute Gasteiger partial charge is 0.243 e. The van der Waals surface area contributed by atoms with Gasteiger partial charge in [-0.1, -0.05) is 85.3 Å². The van der Waals surface area contributed by atoms with Crippen molar-refractivity contribution < 1.29 is 29.4 Å². The summed E-state index contributed by atoms with van der Waals surface area (Å²) in [5.74, 6) is 0.300. The topological polar surface area (TPSA) is 148 Å². The molecule has 4 N–H and O–H groups in total. The molecular formula is C36H43N5O6S. The SMILES string of the molecule is Cn1cnnc1SC[C@H]1C[C@@H](c2ccc(CO)cc2)O[C@@H](c2cccc(-c3cccc(CNC(=O)CCCCCCC(=O)NO)c3)c2)O1. The fraction of sp³-hybridized carbons (Fsp3) is 0.389. The van der Waals surface area contributed by atoms with E-state index in [4.69, 9.17) is 14.7 Å². The summed E-state index contributed by atoms with van der Waals surface area (Å²) in [7, 11) is 1.92. The van der Waals surface area contributed by atoms with Crippen molar-refractivity contribution in [2.45, 2.75) is 81.8 Å². The van der Waals surface area contributed by atoms with Crippen molar-refractivity contribution in [3.63, 3.8) is 0 Å². The lowest BCUT2D eigenvalue weighted by Crippen LogP contribution is -2.31. The summed E-state index contributed by atoms with van der Waals surface area (Å²) in [6, 6.07) is 24.2. The second kappa shape index (κ2) is 17.9. The Balaban J connectivity index is 1.22. The van der Waals surface area contributed by atoms with Gasteiger partial charge in [0.1, 0.15) is 6.33 Å². The summed E-state index contributed by atoms with van der Waals surface area (Å²) in [5, 5.41) is 30.1. The van der Waals surface area contributed by atoms with Crippen molar-refractivity contribution in [2.75, 3.05) is 5.75 Å². The van der Waals surface area contributed by atoms with E-state index >= 15 is 0 Å². The van der Waals surface area contributed by atoms with E-state index in [1.807, 2.05) is 60.1 Å². The van der Waals surface area contributed by atoms with E-state index in [9.17, 15) is 14.7 Å². The maximum absolute atomic E-state index is 12.4. The van der Waals surface area contributed by atoms with Crippen LogP contribution in [0.1, 0.15) is 79.6 Å². The third kappa shape index (κ3) is 10.2. The second-order valence-electron chi connectivity index (χ2n) is 11.9. The molecule has 2 amide bonds. The number of rotatable bonds is 16. The van der Waals surface area contributed by atoms with Crippen molar-refractivity contribution in [1.82, 2.24) is 25.6 Å². The third-order valence-electron chi connectivity index (χ3n) is 8.27. The average Bonchev–Trinajstić information content (AvgIpc) is 3.55. The Bertz CT molecular complexity index is 1630. The molecule has 1 aliphatic heterocycles. The molecule has 0 spiro atoms. The number of aryl methyl sites for hydroxylation is 1. The van der Waals surface area contributed by atoms with Gasteiger partial charge in [-0.25, -0.2) is 5.48 Å². The minimum absolute atomic E-state index is 0.00505. The van der Waals surface area contributed by atoms with E-state index in [1.165, 1.54) is 0 Å². The Morgan fingerprint density at radius 1 is 0.896 bits per heavy atom. The van der Waals surface area contributed by atoms with E-state index in [0.29, 0.717) is 31.6 Å². The lowest BCUT2D eigenvalue weighted by molar-refractivity contribution is -0.245. The van der Waals surface area contributed by atoms with Gasteiger partial charge in [-0.05, 0) is 52.8 Å². The van der Waals surface area contributed by atoms with Crippen LogP contribution in [0.25, 0.3) is 11.1 Å². The molecule has 1 fully saturated rings. The number of hydrogen-bond acceptors (Lipinski definition) is 9. The number of unbranched alkanes of at least 4 members (excludes halogenated alkanes) is 3. The minimum Gasteiger partial charge on any atom is -0.392 e. The van der Waals surface area contributed by atoms with Crippen molar-refractivity contribution in [3.05, 3.63) is 101 Å². The number of carbonyl (C=O) groups is 2. The molecule has 12 heteroatoms. The Hall–Kier alpha value is -4.07. The Labute approximate surface area is 285 Å². The molecule has 0 saturated carbocycles. The van der Waals surface area contributed by atoms with Crippen LogP contribution in [0.4, 0.5) is 0 Å². The number of hydrogen-bond donors (Lipinski definition) is 4. The molecule has 3 aromatic carbocycles. The normalized spacial score (nSPS) is 17.6. The number of benzene rings is 3. The highest BCUT2D eigenvalue weighted by molar-refractivity contribution is 7.99. The van der Waals surface area contributed by atoms with Crippen LogP contribution < -0.4 is 10.8 Å². The molecule has 2 heterocycles. The molecule has 254 valence electrons. The minimum atomic E-state index is -0.583. The molecule has 1 saturated heterocycles. The summed E-state index contributed by atoms with van der Waals surface area (Å²) in [4.78, 5) is 23.5. The predicted octanol–water partition coefficient (Wildman–Crippen LogP) is 5.77. The Morgan fingerprint density at radius 2 is 1.62 bits per heavy atom. The maximum atomic E-state index is 12.4. The fourth-order valence-corrected chi connectivity index (χ4v) is 6.49. The van der Waals surface area contributed by atoms with Gasteiger partial charge < -0.3 is 24.5 Å². The zero-order valence-electron chi connectivity index (χ0n) is 27.1. The van der Waals surface area contributed by atoms with Crippen LogP contribution in [0.2, 0.25) is 0 Å². The van der Waals surface area contributed by atoms with Crippen molar-refractivity contribution in [3.8, 4) is 11.1 Å². The standard InChI is InChI=1S/C36H43N5O6S/c1-41-24-38-39-36(41)48-23-31-20-32(27-16-14-25(22-42)15-17-27)47-35(46-31)30-11-7-10-29(19-30)28-9-6-8-26(18-28)21-37-33(43)12-4-2-3-5-13-34(44)40-45/h6-11,14-19,24,31-32,35,42,45H,2-5,12-13,20-23H2,1H3,(H,37,43)(H,40,44)/t31-,32+,35+/m1/s1. The number of nitrogens with one attached hydrogen (secondary N) is 2. The summed E-state index contributed by atoms with van der Waals surface area (Å²) >= 11 is 1.60. The number of carbonyl (C=O) groups excluding carboxylic acids is 2. The quantitative estimate of drug-likeness (QED) is 0.0503. The molecule has 0 bridgehead atoms. The van der Waals surface area contributed by atoms with Crippen molar-refractivity contribution >= 4 is 23.6 Å². The van der Waals surface area contributed by atoms with Gasteiger partial charge in [-0.3, -0.25) is 14.8 Å². The molecule has 5 rings (SSSR count). The van der Waals surface area contributed by atoms with Gasteiger partial charge in [0.2, 0.25) is 11.8 Å². The number of ether oxygens (including phenoxy) is 2. The number of hydroxylamine groups is 1. The Morgan fingerprint density at radius 3 is 2.33 bits per heavy atom.